The van der Waals surface area contributed by atoms with Crippen LogP contribution in [0.25, 0.3) is 0 Å². The zero-order valence-corrected chi connectivity index (χ0v) is 66.7. The molecule has 4 spiro atoms. The number of hydrogen-bond acceptors (Lipinski definition) is 16. The summed E-state index contributed by atoms with van der Waals surface area (Å²) in [5, 5.41) is 89.8. The number of hydrogen-bond donors (Lipinski definition) is 8. The van der Waals surface area contributed by atoms with Gasteiger partial charge in [0, 0.05) is 101 Å². The Labute approximate surface area is 700 Å². The molecule has 16 aromatic carbocycles. The maximum atomic E-state index is 11.4. The second kappa shape index (κ2) is 27.5. The highest BCUT2D eigenvalue weighted by Gasteiger charge is 2.58. The van der Waals surface area contributed by atoms with Crippen LogP contribution < -0.4 is 28.7 Å². The van der Waals surface area contributed by atoms with Crippen LogP contribution in [-0.4, -0.2) is 54.9 Å². The molecule has 16 aromatic rings. The third-order valence-electron chi connectivity index (χ3n) is 24.9. The Kier molecular flexibility index (Phi) is 16.8. The highest BCUT2D eigenvalue weighted by molar-refractivity contribution is 8.00. The predicted molar refractivity (Wildman–Crippen MR) is 466 cm³/mol. The molecule has 0 unspecified atom stereocenters. The highest BCUT2D eigenvalue weighted by Crippen LogP contribution is 2.71. The van der Waals surface area contributed by atoms with Crippen LogP contribution in [0.3, 0.4) is 0 Å². The van der Waals surface area contributed by atoms with E-state index < -0.39 is 21.7 Å². The molecule has 0 amide bonds. The van der Waals surface area contributed by atoms with E-state index >= 15 is 0 Å². The van der Waals surface area contributed by atoms with Crippen molar-refractivity contribution in [2.24, 2.45) is 0 Å². The van der Waals surface area contributed by atoms with Gasteiger partial charge in [-0.25, -0.2) is 0 Å². The molecule has 8 N–H and O–H groups in total. The molecule has 0 saturated carbocycles. The SMILES string of the molecule is CN1c2ccccc2C2(c3ccccc3N(C)c3cccc(O)c32)c2c(O)cccc21.Cc1ccc2c(c1O)C1(c3ccccc3O2)c2ccccc2Oc2ccc(C)c(O)c21.Oc1cccc2c1C1(c3ccccc3O2)c2ccccc2Oc2cccc(O)c21.Oc1cccc2c1C1(c3ccccc3S2)c2ccccc2Sc2cccc(O)c21. The van der Waals surface area contributed by atoms with Crippen molar-refractivity contribution in [3.63, 3.8) is 0 Å². The molecule has 8 aliphatic heterocycles. The minimum atomic E-state index is -0.999. The van der Waals surface area contributed by atoms with Crippen LogP contribution in [-0.2, 0) is 21.7 Å². The summed E-state index contributed by atoms with van der Waals surface area (Å²) < 4.78 is 24.9. The van der Waals surface area contributed by atoms with Crippen LogP contribution in [0, 0.1) is 13.8 Å². The monoisotopic (exact) mass is 1610 g/mol. The molecule has 0 bridgehead atoms. The van der Waals surface area contributed by atoms with E-state index in [1.54, 1.807) is 72.1 Å². The first-order valence-corrected chi connectivity index (χ1v) is 41.1. The lowest BCUT2D eigenvalue weighted by Crippen LogP contribution is -2.42. The smallest absolute Gasteiger partial charge is 0.135 e. The molecule has 0 radical (unpaired) electrons. The molecular formula is C104H74N2O12S2. The average Bonchev–Trinajstić information content (AvgIpc) is 0.685. The number of nitrogens with zero attached hydrogens (tertiary/aromatic N) is 2. The van der Waals surface area contributed by atoms with Crippen LogP contribution in [0.5, 0.6) is 92.0 Å². The molecule has 0 atom stereocenters. The number of aromatic hydroxyl groups is 8. The van der Waals surface area contributed by atoms with Gasteiger partial charge in [0.1, 0.15) is 92.0 Å². The van der Waals surface area contributed by atoms with Crippen molar-refractivity contribution in [2.45, 2.75) is 55.1 Å². The highest BCUT2D eigenvalue weighted by atomic mass is 32.2. The van der Waals surface area contributed by atoms with Crippen LogP contribution in [0.1, 0.15) is 100 Å². The van der Waals surface area contributed by atoms with E-state index in [9.17, 15) is 40.9 Å². The number of aryl methyl sites for hydroxylation is 2. The van der Waals surface area contributed by atoms with Crippen molar-refractivity contribution in [3.8, 4) is 92.0 Å². The first-order chi connectivity index (χ1) is 58.5. The first-order valence-electron chi connectivity index (χ1n) is 39.4. The van der Waals surface area contributed by atoms with Gasteiger partial charge in [-0.1, -0.05) is 218 Å². The predicted octanol–water partition coefficient (Wildman–Crippen LogP) is 24.1. The quantitative estimate of drug-likeness (QED) is 0.0711. The Hall–Kier alpha value is -14.6. The van der Waals surface area contributed by atoms with Crippen LogP contribution in [0.15, 0.2) is 347 Å². The lowest BCUT2D eigenvalue weighted by atomic mass is 9.59. The molecule has 584 valence electrons. The Balaban J connectivity index is 0.0000000990. The number of phenolic OH excluding ortho intramolecular Hbond substituents is 8. The molecular weight excluding hydrogens is 1530 g/mol. The van der Waals surface area contributed by atoms with Gasteiger partial charge in [-0.3, -0.25) is 0 Å². The van der Waals surface area contributed by atoms with Gasteiger partial charge < -0.3 is 69.6 Å². The summed E-state index contributed by atoms with van der Waals surface area (Å²) in [6.45, 7) is 3.73. The van der Waals surface area contributed by atoms with E-state index in [0.717, 1.165) is 120 Å². The first kappa shape index (κ1) is 73.1. The number of benzene rings is 16. The second-order valence-corrected chi connectivity index (χ2v) is 33.1. The molecule has 8 aliphatic rings. The van der Waals surface area contributed by atoms with E-state index in [0.29, 0.717) is 68.2 Å². The molecule has 0 saturated heterocycles. The summed E-state index contributed by atoms with van der Waals surface area (Å²) in [6, 6.07) is 105. The summed E-state index contributed by atoms with van der Waals surface area (Å²) in [7, 11) is 4.05. The average molecular weight is 1610 g/mol. The van der Waals surface area contributed by atoms with Crippen molar-refractivity contribution in [2.75, 3.05) is 23.9 Å². The van der Waals surface area contributed by atoms with Gasteiger partial charge in [0.2, 0.25) is 0 Å². The van der Waals surface area contributed by atoms with E-state index in [-0.39, 0.29) is 46.0 Å². The summed E-state index contributed by atoms with van der Waals surface area (Å²) in [6.07, 6.45) is 0. The van der Waals surface area contributed by atoms with Gasteiger partial charge >= 0.3 is 0 Å². The fraction of sp³-hybridized carbons (Fsp3) is 0.0769. The van der Waals surface area contributed by atoms with E-state index in [2.05, 4.69) is 70.5 Å². The molecule has 0 fully saturated rings. The maximum Gasteiger partial charge on any atom is 0.135 e. The molecule has 0 aromatic heterocycles. The minimum absolute atomic E-state index is 0.0999. The molecule has 8 heterocycles. The van der Waals surface area contributed by atoms with Gasteiger partial charge in [-0.05, 0) is 181 Å². The molecule has 14 nitrogen and oxygen atoms in total. The fourth-order valence-electron chi connectivity index (χ4n) is 20.1. The topological polar surface area (TPSA) is 205 Å². The van der Waals surface area contributed by atoms with Crippen LogP contribution in [0.4, 0.5) is 22.7 Å². The largest absolute Gasteiger partial charge is 0.508 e. The zero-order chi connectivity index (χ0) is 81.8. The van der Waals surface area contributed by atoms with Crippen molar-refractivity contribution in [3.05, 3.63) is 428 Å². The lowest BCUT2D eigenvalue weighted by molar-refractivity contribution is 0.368. The number of rotatable bonds is 0. The van der Waals surface area contributed by atoms with Crippen molar-refractivity contribution in [1.82, 2.24) is 0 Å². The van der Waals surface area contributed by atoms with Crippen molar-refractivity contribution >= 4 is 46.3 Å². The third kappa shape index (κ3) is 10.1. The van der Waals surface area contributed by atoms with E-state index in [1.165, 1.54) is 0 Å². The number of anilines is 4. The standard InChI is InChI=1S/C27H22N2O2.C27H20O4.C25H16O4.C25H16O2S2/c1-28-19-11-5-3-9-17(19)27(25-21(28)13-7-15-23(25)30)18-10-4-6-12-20(18)29(2)22-14-8-16-24(31)26(22)27;1-15-11-13-21-23(25(15)28)27(17-7-3-5-9-19(17)30-21)18-8-4-6-10-20(18)31-22-14-12-16(2)26(29)24(22)27;2*26-17-9-5-13-21-23(17)25(15-7-1-3-11-19(15)28-21)16-8-2-4-12-20(16)29-22-14-6-10-18(27)24(22)25/h3-16,30-31H,1-2H3;3-14,28-29H,1-2H3;2*1-14,26-27H. The van der Waals surface area contributed by atoms with Gasteiger partial charge in [-0.2, -0.15) is 0 Å². The number of phenols is 8. The second-order valence-electron chi connectivity index (χ2n) is 30.9. The fourth-order valence-corrected chi connectivity index (χ4v) is 22.6. The van der Waals surface area contributed by atoms with Crippen LogP contribution in [0.2, 0.25) is 0 Å². The third-order valence-corrected chi connectivity index (χ3v) is 27.1. The van der Waals surface area contributed by atoms with Gasteiger partial charge in [0.25, 0.3) is 0 Å². The molecule has 120 heavy (non-hydrogen) atoms. The summed E-state index contributed by atoms with van der Waals surface area (Å²) >= 11 is 3.34. The van der Waals surface area contributed by atoms with Gasteiger partial charge in [0.05, 0.1) is 43.9 Å². The Morgan fingerprint density at radius 3 is 0.825 bits per heavy atom. The molecule has 24 rings (SSSR count). The lowest BCUT2D eigenvalue weighted by Gasteiger charge is -2.50. The van der Waals surface area contributed by atoms with E-state index in [1.807, 2.05) is 246 Å². The molecule has 16 heteroatoms. The summed E-state index contributed by atoms with van der Waals surface area (Å²) in [5.41, 5.74) is 15.1. The maximum absolute atomic E-state index is 11.4. The molecule has 0 aliphatic carbocycles. The zero-order valence-electron chi connectivity index (χ0n) is 65.1. The van der Waals surface area contributed by atoms with Crippen LogP contribution >= 0.6 is 23.5 Å². The number of fused-ring (bicyclic) bond motifs is 32. The van der Waals surface area contributed by atoms with Crippen molar-refractivity contribution in [1.29, 1.82) is 0 Å². The Morgan fingerprint density at radius 2 is 0.450 bits per heavy atom. The van der Waals surface area contributed by atoms with E-state index in [4.69, 9.17) is 18.9 Å². The Bertz CT molecular complexity index is 6380. The number of para-hydroxylation sites is 6. The van der Waals surface area contributed by atoms with Crippen molar-refractivity contribution < 1.29 is 59.8 Å². The summed E-state index contributed by atoms with van der Waals surface area (Å²) in [5.74, 6) is 6.37. The Morgan fingerprint density at radius 1 is 0.208 bits per heavy atom. The minimum Gasteiger partial charge on any atom is -0.508 e. The van der Waals surface area contributed by atoms with Gasteiger partial charge in [0.15, 0.2) is 0 Å². The summed E-state index contributed by atoms with van der Waals surface area (Å²) in [4.78, 5) is 8.55. The number of ether oxygens (including phenoxy) is 4. The van der Waals surface area contributed by atoms with Gasteiger partial charge in [-0.15, -0.1) is 0 Å². The normalized spacial score (nSPS) is 14.9.